The molecular weight excluding hydrogens is 373 g/mol. The van der Waals surface area contributed by atoms with Crippen molar-refractivity contribution in [1.82, 2.24) is 10.4 Å². The monoisotopic (exact) mass is 397 g/mol. The zero-order valence-electron chi connectivity index (χ0n) is 16.0. The van der Waals surface area contributed by atoms with Crippen LogP contribution in [0.3, 0.4) is 0 Å². The minimum Gasteiger partial charge on any atom is -0.374 e. The number of para-hydroxylation sites is 1. The molecule has 2 aromatic rings. The van der Waals surface area contributed by atoms with Crippen LogP contribution in [0.15, 0.2) is 54.6 Å². The number of aliphatic hydroxyl groups excluding tert-OH is 1. The van der Waals surface area contributed by atoms with Crippen LogP contribution >= 0.6 is 0 Å². The number of hydrogen-bond donors (Lipinski definition) is 3. The molecule has 1 atom stereocenters. The number of aliphatic hydroxyl groups is 1. The Labute approximate surface area is 168 Å². The number of carbonyl (C=O) groups is 1. The lowest BCUT2D eigenvalue weighted by atomic mass is 9.85. The van der Waals surface area contributed by atoms with Crippen molar-refractivity contribution in [3.05, 3.63) is 71.6 Å². The summed E-state index contributed by atoms with van der Waals surface area (Å²) in [6.07, 6.45) is 4.31. The minimum absolute atomic E-state index is 0.0653. The van der Waals surface area contributed by atoms with Crippen LogP contribution in [0.4, 0.5) is 10.1 Å². The average Bonchev–Trinajstić information content (AvgIpc) is 3.16. The van der Waals surface area contributed by atoms with Crippen LogP contribution in [0.2, 0.25) is 0 Å². The summed E-state index contributed by atoms with van der Waals surface area (Å²) in [6, 6.07) is 13.8. The van der Waals surface area contributed by atoms with E-state index in [0.29, 0.717) is 18.7 Å². The lowest BCUT2D eigenvalue weighted by molar-refractivity contribution is -0.124. The van der Waals surface area contributed by atoms with Crippen molar-refractivity contribution in [2.45, 2.75) is 24.6 Å². The maximum Gasteiger partial charge on any atom is 0.267 e. The van der Waals surface area contributed by atoms with Crippen molar-refractivity contribution in [2.75, 3.05) is 24.5 Å². The molecule has 2 saturated heterocycles. The van der Waals surface area contributed by atoms with Gasteiger partial charge in [-0.1, -0.05) is 30.3 Å². The summed E-state index contributed by atoms with van der Waals surface area (Å²) < 4.78 is 13.2. The van der Waals surface area contributed by atoms with Gasteiger partial charge >= 0.3 is 0 Å². The van der Waals surface area contributed by atoms with Crippen molar-refractivity contribution >= 4 is 17.7 Å². The van der Waals surface area contributed by atoms with Gasteiger partial charge in [0.2, 0.25) is 0 Å². The molecule has 0 aliphatic carbocycles. The number of likely N-dealkylation sites (tertiary alicyclic amines) is 1. The highest BCUT2D eigenvalue weighted by atomic mass is 19.1. The molecule has 0 saturated carbocycles. The molecule has 2 aliphatic rings. The van der Waals surface area contributed by atoms with Crippen LogP contribution in [0.25, 0.3) is 6.08 Å². The quantitative estimate of drug-likeness (QED) is 0.411. The maximum absolute atomic E-state index is 13.2. The standard InChI is InChI=1S/C22H24FN3O3/c23-18-9-6-17(7-10-18)21(28)25-14-22(15-25)12-3-13-26(22)19-5-2-1-4-16(19)8-11-20(27)24-29/h1-2,4-11,21,28-29H,3,12-15H2,(H,24,27)/b11-8+. The van der Waals surface area contributed by atoms with Crippen LogP contribution in [0.1, 0.15) is 30.2 Å². The highest BCUT2D eigenvalue weighted by molar-refractivity contribution is 5.92. The Balaban J connectivity index is 1.52. The van der Waals surface area contributed by atoms with E-state index in [4.69, 9.17) is 5.21 Å². The smallest absolute Gasteiger partial charge is 0.267 e. The molecule has 2 heterocycles. The Bertz CT molecular complexity index is 910. The van der Waals surface area contributed by atoms with Gasteiger partial charge in [-0.15, -0.1) is 0 Å². The van der Waals surface area contributed by atoms with Crippen LogP contribution in [-0.4, -0.2) is 46.3 Å². The van der Waals surface area contributed by atoms with Crippen LogP contribution < -0.4 is 10.4 Å². The first kappa shape index (κ1) is 19.6. The molecule has 0 radical (unpaired) electrons. The first-order chi connectivity index (χ1) is 14.0. The minimum atomic E-state index is -0.757. The molecule has 29 heavy (non-hydrogen) atoms. The van der Waals surface area contributed by atoms with Gasteiger partial charge in [0.1, 0.15) is 12.0 Å². The summed E-state index contributed by atoms with van der Waals surface area (Å²) >= 11 is 0. The molecule has 6 nitrogen and oxygen atoms in total. The van der Waals surface area contributed by atoms with E-state index in [2.05, 4.69) is 4.90 Å². The molecule has 2 aromatic carbocycles. The normalized spacial score (nSPS) is 19.5. The first-order valence-electron chi connectivity index (χ1n) is 9.69. The predicted octanol–water partition coefficient (Wildman–Crippen LogP) is 2.69. The Morgan fingerprint density at radius 3 is 2.62 bits per heavy atom. The van der Waals surface area contributed by atoms with Crippen molar-refractivity contribution in [3.8, 4) is 0 Å². The van der Waals surface area contributed by atoms with Gasteiger partial charge in [-0.2, -0.15) is 0 Å². The summed E-state index contributed by atoms with van der Waals surface area (Å²) in [4.78, 5) is 15.7. The van der Waals surface area contributed by atoms with E-state index >= 15 is 0 Å². The molecule has 0 bridgehead atoms. The number of benzene rings is 2. The van der Waals surface area contributed by atoms with Gasteiger partial charge in [0.25, 0.3) is 5.91 Å². The van der Waals surface area contributed by atoms with E-state index in [0.717, 1.165) is 30.6 Å². The van der Waals surface area contributed by atoms with Gasteiger partial charge in [0, 0.05) is 31.4 Å². The largest absolute Gasteiger partial charge is 0.374 e. The number of hydrogen-bond acceptors (Lipinski definition) is 5. The number of nitrogens with one attached hydrogen (secondary N) is 1. The number of nitrogens with zero attached hydrogens (tertiary/aromatic N) is 2. The summed E-state index contributed by atoms with van der Waals surface area (Å²) in [5.41, 5.74) is 4.15. The fourth-order valence-corrected chi connectivity index (χ4v) is 4.45. The topological polar surface area (TPSA) is 76.0 Å². The second kappa shape index (κ2) is 7.94. The van der Waals surface area contributed by atoms with Gasteiger partial charge in [-0.05, 0) is 48.2 Å². The van der Waals surface area contributed by atoms with Crippen LogP contribution in [0.5, 0.6) is 0 Å². The average molecular weight is 397 g/mol. The molecule has 1 amide bonds. The molecule has 2 fully saturated rings. The van der Waals surface area contributed by atoms with Gasteiger partial charge in [0.15, 0.2) is 0 Å². The van der Waals surface area contributed by atoms with Gasteiger partial charge < -0.3 is 10.0 Å². The van der Waals surface area contributed by atoms with Crippen LogP contribution in [-0.2, 0) is 4.79 Å². The van der Waals surface area contributed by atoms with E-state index in [9.17, 15) is 14.3 Å². The third-order valence-electron chi connectivity index (χ3n) is 5.86. The zero-order valence-corrected chi connectivity index (χ0v) is 16.0. The molecule has 0 aromatic heterocycles. The second-order valence-electron chi connectivity index (χ2n) is 7.68. The van der Waals surface area contributed by atoms with E-state index in [1.165, 1.54) is 18.2 Å². The Kier molecular flexibility index (Phi) is 5.36. The zero-order chi connectivity index (χ0) is 20.4. The van der Waals surface area contributed by atoms with E-state index < -0.39 is 12.1 Å². The predicted molar refractivity (Wildman–Crippen MR) is 108 cm³/mol. The van der Waals surface area contributed by atoms with Gasteiger partial charge in [-0.25, -0.2) is 9.87 Å². The molecule has 2 aliphatic heterocycles. The number of rotatable bonds is 5. The maximum atomic E-state index is 13.2. The number of halogens is 1. The number of carbonyl (C=O) groups excluding carboxylic acids is 1. The van der Waals surface area contributed by atoms with Crippen molar-refractivity contribution in [3.63, 3.8) is 0 Å². The highest BCUT2D eigenvalue weighted by Crippen LogP contribution is 2.44. The van der Waals surface area contributed by atoms with Gasteiger partial charge in [-0.3, -0.25) is 14.9 Å². The van der Waals surface area contributed by atoms with Crippen molar-refractivity contribution in [1.29, 1.82) is 0 Å². The highest BCUT2D eigenvalue weighted by Gasteiger charge is 2.52. The summed E-state index contributed by atoms with van der Waals surface area (Å²) in [5, 5.41) is 19.4. The Hall–Kier alpha value is -2.74. The Morgan fingerprint density at radius 1 is 1.17 bits per heavy atom. The summed E-state index contributed by atoms with van der Waals surface area (Å²) in [5.74, 6) is -0.893. The van der Waals surface area contributed by atoms with E-state index in [1.54, 1.807) is 23.7 Å². The van der Waals surface area contributed by atoms with Crippen molar-refractivity contribution < 1.29 is 19.5 Å². The molecule has 152 valence electrons. The lowest BCUT2D eigenvalue weighted by Crippen LogP contribution is -2.68. The number of anilines is 1. The second-order valence-corrected chi connectivity index (χ2v) is 7.68. The third kappa shape index (κ3) is 3.76. The molecule has 1 spiro atoms. The fourth-order valence-electron chi connectivity index (χ4n) is 4.45. The van der Waals surface area contributed by atoms with E-state index in [1.807, 2.05) is 29.2 Å². The first-order valence-corrected chi connectivity index (χ1v) is 9.69. The molecule has 4 rings (SSSR count). The summed E-state index contributed by atoms with van der Waals surface area (Å²) in [7, 11) is 0. The third-order valence-corrected chi connectivity index (χ3v) is 5.86. The molecule has 3 N–H and O–H groups in total. The van der Waals surface area contributed by atoms with Crippen molar-refractivity contribution in [2.24, 2.45) is 0 Å². The molecular formula is C22H24FN3O3. The number of hydroxylamine groups is 1. The van der Waals surface area contributed by atoms with Crippen LogP contribution in [0, 0.1) is 5.82 Å². The van der Waals surface area contributed by atoms with Gasteiger partial charge in [0.05, 0.1) is 5.54 Å². The SMILES string of the molecule is O=C(/C=C/c1ccccc1N1CCCC12CN(C(O)c1ccc(F)cc1)C2)NO. The fraction of sp³-hybridized carbons (Fsp3) is 0.318. The number of amides is 1. The summed E-state index contributed by atoms with van der Waals surface area (Å²) in [6.45, 7) is 2.32. The molecule has 1 unspecified atom stereocenters. The Morgan fingerprint density at radius 2 is 1.90 bits per heavy atom. The molecule has 7 heteroatoms. The lowest BCUT2D eigenvalue weighted by Gasteiger charge is -2.55. The van der Waals surface area contributed by atoms with E-state index in [-0.39, 0.29) is 11.4 Å².